The summed E-state index contributed by atoms with van der Waals surface area (Å²) in [6, 6.07) is 8.15. The summed E-state index contributed by atoms with van der Waals surface area (Å²) in [5.74, 6) is 0.252. The van der Waals surface area contributed by atoms with Gasteiger partial charge in [0.2, 0.25) is 7.44 Å². The Kier molecular flexibility index (Phi) is 10.0. The minimum absolute atomic E-state index is 0.146. The van der Waals surface area contributed by atoms with Crippen LogP contribution in [0.4, 0.5) is 5.82 Å². The van der Waals surface area contributed by atoms with E-state index in [-0.39, 0.29) is 12.5 Å². The molecule has 3 rings (SSSR count). The fourth-order valence-corrected chi connectivity index (χ4v) is 5.96. The molecule has 0 unspecified atom stereocenters. The highest BCUT2D eigenvalue weighted by molar-refractivity contribution is 7.59. The normalized spacial score (nSPS) is 14.5. The van der Waals surface area contributed by atoms with Crippen molar-refractivity contribution in [1.82, 2.24) is 29.7 Å². The first-order valence-corrected chi connectivity index (χ1v) is 14.8. The van der Waals surface area contributed by atoms with E-state index in [9.17, 15) is 9.36 Å². The number of hydrogen-bond donors (Lipinski definition) is 3. The summed E-state index contributed by atoms with van der Waals surface area (Å²) < 4.78 is 27.3. The second-order valence-corrected chi connectivity index (χ2v) is 12.6. The molecule has 38 heavy (non-hydrogen) atoms. The molecule has 2 aromatic heterocycles. The second-order valence-electron chi connectivity index (χ2n) is 10.3. The monoisotopic (exact) mass is 545 g/mol. The average Bonchev–Trinajstić information content (AvgIpc) is 3.28. The van der Waals surface area contributed by atoms with Crippen LogP contribution in [0.15, 0.2) is 36.9 Å². The minimum Gasteiger partial charge on any atom is -0.464 e. The molecule has 0 saturated heterocycles. The number of imidazole rings is 1. The largest absolute Gasteiger partial charge is 0.464 e. The van der Waals surface area contributed by atoms with E-state index in [4.69, 9.17) is 15.2 Å². The number of rotatable bonds is 14. The molecule has 0 amide bonds. The molecule has 2 heterocycles. The number of anilines is 1. The van der Waals surface area contributed by atoms with Gasteiger partial charge in [0.15, 0.2) is 11.5 Å². The molecule has 0 fully saturated rings. The number of fused-ring (bicyclic) bond motifs is 1. The number of nitrogens with two attached hydrogens (primary N) is 1. The number of carbonyl (C=O) groups excluding carboxylic acids is 1. The first kappa shape index (κ1) is 29.7. The van der Waals surface area contributed by atoms with Crippen molar-refractivity contribution in [1.29, 1.82) is 0 Å². The highest BCUT2D eigenvalue weighted by atomic mass is 31.2. The van der Waals surface area contributed by atoms with Gasteiger partial charge in [-0.2, -0.15) is 0 Å². The zero-order valence-electron chi connectivity index (χ0n) is 23.1. The van der Waals surface area contributed by atoms with Crippen molar-refractivity contribution in [2.75, 3.05) is 18.7 Å². The Hall–Kier alpha value is -2.85. The molecule has 2 atom stereocenters. The van der Waals surface area contributed by atoms with Gasteiger partial charge in [-0.15, -0.1) is 0 Å². The standard InChI is InChI=1S/C26H40N7O4P/c1-7-12-36-25(34)26(5,6)32-38(35,31-13-20-8-10-21(11-9-20)18(2)3)17-37-19(4)14-33-16-30-22-23(27)28-15-29-24(22)33/h8-11,15-16,18-19H,7,12-14,17H2,1-6H3,(H2,27,28,29)(H2,31,32,35)/t19-,38+/m1/s1. The van der Waals surface area contributed by atoms with E-state index >= 15 is 0 Å². The van der Waals surface area contributed by atoms with Crippen LogP contribution < -0.4 is 15.9 Å². The number of ether oxygens (including phenoxy) is 2. The van der Waals surface area contributed by atoms with Gasteiger partial charge in [0.05, 0.1) is 25.6 Å². The van der Waals surface area contributed by atoms with Crippen molar-refractivity contribution >= 4 is 30.4 Å². The average molecular weight is 546 g/mol. The molecule has 0 aliphatic rings. The van der Waals surface area contributed by atoms with Gasteiger partial charge < -0.3 is 19.8 Å². The van der Waals surface area contributed by atoms with Gasteiger partial charge in [-0.3, -0.25) is 9.36 Å². The maximum atomic E-state index is 14.1. The Labute approximate surface area is 224 Å². The van der Waals surface area contributed by atoms with Crippen LogP contribution >= 0.6 is 7.44 Å². The van der Waals surface area contributed by atoms with Crippen LogP contribution in [0.25, 0.3) is 11.2 Å². The fourth-order valence-electron chi connectivity index (χ4n) is 3.82. The molecule has 0 spiro atoms. The molecule has 1 aromatic carbocycles. The van der Waals surface area contributed by atoms with Crippen LogP contribution in [0.1, 0.15) is 65.0 Å². The smallest absolute Gasteiger partial charge is 0.326 e. The third-order valence-electron chi connectivity index (χ3n) is 6.02. The summed E-state index contributed by atoms with van der Waals surface area (Å²) in [5, 5.41) is 6.15. The fraction of sp³-hybridized carbons (Fsp3) is 0.538. The maximum Gasteiger partial charge on any atom is 0.326 e. The molecule has 3 aromatic rings. The maximum absolute atomic E-state index is 14.1. The first-order valence-electron chi connectivity index (χ1n) is 12.9. The summed E-state index contributed by atoms with van der Waals surface area (Å²) in [5.41, 5.74) is 8.00. The Morgan fingerprint density at radius 3 is 2.53 bits per heavy atom. The molecule has 11 nitrogen and oxygen atoms in total. The van der Waals surface area contributed by atoms with Crippen LogP contribution in [0.3, 0.4) is 0 Å². The predicted molar refractivity (Wildman–Crippen MR) is 149 cm³/mol. The highest BCUT2D eigenvalue weighted by Crippen LogP contribution is 2.40. The van der Waals surface area contributed by atoms with Crippen LogP contribution in [0.5, 0.6) is 0 Å². The molecule has 4 N–H and O–H groups in total. The lowest BCUT2D eigenvalue weighted by molar-refractivity contribution is -0.149. The molecule has 0 radical (unpaired) electrons. The topological polar surface area (TPSA) is 146 Å². The van der Waals surface area contributed by atoms with Crippen molar-refractivity contribution in [3.8, 4) is 0 Å². The van der Waals surface area contributed by atoms with Crippen LogP contribution in [0.2, 0.25) is 0 Å². The first-order chi connectivity index (χ1) is 17.9. The molecule has 0 bridgehead atoms. The van der Waals surface area contributed by atoms with Gasteiger partial charge >= 0.3 is 5.97 Å². The molecule has 0 aliphatic heterocycles. The van der Waals surface area contributed by atoms with Gasteiger partial charge in [-0.25, -0.2) is 25.1 Å². The minimum atomic E-state index is -3.42. The zero-order chi connectivity index (χ0) is 27.9. The molecule has 0 saturated carbocycles. The van der Waals surface area contributed by atoms with Crippen molar-refractivity contribution in [3.05, 3.63) is 48.0 Å². The van der Waals surface area contributed by atoms with E-state index < -0.39 is 19.0 Å². The van der Waals surface area contributed by atoms with E-state index in [0.717, 1.165) is 5.56 Å². The Morgan fingerprint density at radius 1 is 1.16 bits per heavy atom. The summed E-state index contributed by atoms with van der Waals surface area (Å²) in [6.07, 6.45) is 3.22. The lowest BCUT2D eigenvalue weighted by Gasteiger charge is -2.31. The lowest BCUT2D eigenvalue weighted by Crippen LogP contribution is -2.48. The third-order valence-corrected chi connectivity index (χ3v) is 8.12. The lowest BCUT2D eigenvalue weighted by atomic mass is 10.0. The van der Waals surface area contributed by atoms with Gasteiger partial charge in [0.25, 0.3) is 0 Å². The molecule has 208 valence electrons. The number of nitrogens with zero attached hydrogens (tertiary/aromatic N) is 4. The van der Waals surface area contributed by atoms with E-state index in [1.807, 2.05) is 30.5 Å². The van der Waals surface area contributed by atoms with Gasteiger partial charge in [0.1, 0.15) is 23.7 Å². The summed E-state index contributed by atoms with van der Waals surface area (Å²) in [4.78, 5) is 25.2. The summed E-state index contributed by atoms with van der Waals surface area (Å²) in [6.45, 7) is 12.4. The van der Waals surface area contributed by atoms with Crippen molar-refractivity contribution < 1.29 is 18.8 Å². The van der Waals surface area contributed by atoms with Gasteiger partial charge in [-0.05, 0) is 44.2 Å². The Bertz CT molecular complexity index is 1260. The summed E-state index contributed by atoms with van der Waals surface area (Å²) >= 11 is 0. The van der Waals surface area contributed by atoms with E-state index in [1.165, 1.54) is 11.9 Å². The number of carbonyl (C=O) groups is 1. The molecule has 0 aliphatic carbocycles. The number of benzene rings is 1. The molecular weight excluding hydrogens is 505 g/mol. The zero-order valence-corrected chi connectivity index (χ0v) is 24.0. The Morgan fingerprint density at radius 2 is 1.87 bits per heavy atom. The van der Waals surface area contributed by atoms with Crippen molar-refractivity contribution in [2.45, 2.75) is 78.6 Å². The van der Waals surface area contributed by atoms with E-state index in [1.54, 1.807) is 20.2 Å². The number of hydrogen-bond acceptors (Lipinski definition) is 8. The Balaban J connectivity index is 1.72. The number of aromatic nitrogens is 4. The molecule has 12 heteroatoms. The third kappa shape index (κ3) is 7.83. The van der Waals surface area contributed by atoms with Gasteiger partial charge in [-0.1, -0.05) is 45.0 Å². The number of esters is 1. The van der Waals surface area contributed by atoms with Crippen LogP contribution in [0, 0.1) is 0 Å². The quantitative estimate of drug-likeness (QED) is 0.199. The van der Waals surface area contributed by atoms with E-state index in [0.29, 0.717) is 49.0 Å². The van der Waals surface area contributed by atoms with Gasteiger partial charge in [0, 0.05) is 6.54 Å². The number of nitrogens with one attached hydrogen (secondary N) is 2. The van der Waals surface area contributed by atoms with Crippen molar-refractivity contribution in [2.24, 2.45) is 0 Å². The number of nitrogen functional groups attached to an aromatic ring is 1. The van der Waals surface area contributed by atoms with E-state index in [2.05, 4.69) is 51.1 Å². The SMILES string of the molecule is CCCOC(=O)C(C)(C)N[P@](=O)(CO[C@H](C)Cn1cnc2c(N)ncnc21)NCc1ccc(C(C)C)cc1. The second kappa shape index (κ2) is 12.8. The summed E-state index contributed by atoms with van der Waals surface area (Å²) in [7, 11) is -3.42. The van der Waals surface area contributed by atoms with Crippen LogP contribution in [-0.2, 0) is 31.9 Å². The molecular formula is C26H40N7O4P. The van der Waals surface area contributed by atoms with Crippen LogP contribution in [-0.4, -0.2) is 50.1 Å². The predicted octanol–water partition coefficient (Wildman–Crippen LogP) is 4.20. The highest BCUT2D eigenvalue weighted by Gasteiger charge is 2.37. The van der Waals surface area contributed by atoms with Crippen molar-refractivity contribution in [3.63, 3.8) is 0 Å².